The summed E-state index contributed by atoms with van der Waals surface area (Å²) in [6.07, 6.45) is 3.39. The number of aryl methyl sites for hydroxylation is 1. The third kappa shape index (κ3) is 5.12. The van der Waals surface area contributed by atoms with E-state index in [4.69, 9.17) is 0 Å². The van der Waals surface area contributed by atoms with Gasteiger partial charge in [0.05, 0.1) is 0 Å². The Balaban J connectivity index is 1.71. The third-order valence-corrected chi connectivity index (χ3v) is 4.19. The molecular weight excluding hydrogens is 267 g/mol. The average Bonchev–Trinajstić information content (AvgIpc) is 2.52. The standard InChI is InChI=1S/C17H25FN2O/c1-2-19-13-15-9-11-20(12-10-15)17(21)8-5-14-3-6-16(18)7-4-14/h3-4,6-7,15,19H,2,5,8-13H2,1H3. The van der Waals surface area contributed by atoms with Gasteiger partial charge in [0, 0.05) is 19.5 Å². The summed E-state index contributed by atoms with van der Waals surface area (Å²) in [4.78, 5) is 14.2. The lowest BCUT2D eigenvalue weighted by Gasteiger charge is -2.32. The number of hydrogen-bond acceptors (Lipinski definition) is 2. The predicted octanol–water partition coefficient (Wildman–Crippen LogP) is 2.61. The summed E-state index contributed by atoms with van der Waals surface area (Å²) in [6, 6.07) is 6.41. The largest absolute Gasteiger partial charge is 0.343 e. The Bertz CT molecular complexity index is 439. The molecule has 1 saturated heterocycles. The molecule has 0 aliphatic carbocycles. The molecule has 1 N–H and O–H groups in total. The molecule has 0 unspecified atom stereocenters. The number of nitrogens with zero attached hydrogens (tertiary/aromatic N) is 1. The number of benzene rings is 1. The minimum Gasteiger partial charge on any atom is -0.343 e. The number of carbonyl (C=O) groups excluding carboxylic acids is 1. The van der Waals surface area contributed by atoms with Crippen LogP contribution in [0.2, 0.25) is 0 Å². The first-order valence-corrected chi connectivity index (χ1v) is 7.92. The van der Waals surface area contributed by atoms with Crippen LogP contribution in [0.5, 0.6) is 0 Å². The van der Waals surface area contributed by atoms with Crippen molar-refractivity contribution in [3.8, 4) is 0 Å². The lowest BCUT2D eigenvalue weighted by atomic mass is 9.96. The van der Waals surface area contributed by atoms with Crippen molar-refractivity contribution in [2.45, 2.75) is 32.6 Å². The highest BCUT2D eigenvalue weighted by molar-refractivity contribution is 5.76. The summed E-state index contributed by atoms with van der Waals surface area (Å²) in [5.74, 6) is 0.695. The molecule has 1 aromatic carbocycles. The monoisotopic (exact) mass is 292 g/mol. The topological polar surface area (TPSA) is 32.3 Å². The van der Waals surface area contributed by atoms with Crippen LogP contribution in [0.1, 0.15) is 31.7 Å². The summed E-state index contributed by atoms with van der Waals surface area (Å²) < 4.78 is 12.8. The van der Waals surface area contributed by atoms with Gasteiger partial charge in [0.1, 0.15) is 5.82 Å². The zero-order valence-corrected chi connectivity index (χ0v) is 12.8. The van der Waals surface area contributed by atoms with Crippen molar-refractivity contribution in [2.24, 2.45) is 5.92 Å². The zero-order valence-electron chi connectivity index (χ0n) is 12.8. The van der Waals surface area contributed by atoms with Crippen LogP contribution in [-0.2, 0) is 11.2 Å². The van der Waals surface area contributed by atoms with E-state index in [2.05, 4.69) is 12.2 Å². The zero-order chi connectivity index (χ0) is 15.1. The van der Waals surface area contributed by atoms with Gasteiger partial charge in [-0.2, -0.15) is 0 Å². The number of nitrogens with one attached hydrogen (secondary N) is 1. The van der Waals surface area contributed by atoms with E-state index in [-0.39, 0.29) is 11.7 Å². The van der Waals surface area contributed by atoms with E-state index in [9.17, 15) is 9.18 Å². The van der Waals surface area contributed by atoms with Gasteiger partial charge in [0.2, 0.25) is 5.91 Å². The second kappa shape index (κ2) is 8.13. The number of amides is 1. The van der Waals surface area contributed by atoms with Crippen LogP contribution in [0, 0.1) is 11.7 Å². The fraction of sp³-hybridized carbons (Fsp3) is 0.588. The first kappa shape index (κ1) is 16.0. The number of rotatable bonds is 6. The molecule has 1 heterocycles. The van der Waals surface area contributed by atoms with E-state index in [0.717, 1.165) is 44.6 Å². The molecule has 1 aliphatic rings. The highest BCUT2D eigenvalue weighted by atomic mass is 19.1. The quantitative estimate of drug-likeness (QED) is 0.874. The molecule has 0 saturated carbocycles. The molecule has 0 spiro atoms. The van der Waals surface area contributed by atoms with Crippen molar-refractivity contribution in [2.75, 3.05) is 26.2 Å². The van der Waals surface area contributed by atoms with E-state index >= 15 is 0 Å². The van der Waals surface area contributed by atoms with Crippen molar-refractivity contribution >= 4 is 5.91 Å². The molecule has 1 amide bonds. The lowest BCUT2D eigenvalue weighted by molar-refractivity contribution is -0.132. The fourth-order valence-corrected chi connectivity index (χ4v) is 2.80. The fourth-order valence-electron chi connectivity index (χ4n) is 2.80. The molecule has 0 radical (unpaired) electrons. The van der Waals surface area contributed by atoms with Crippen molar-refractivity contribution in [3.05, 3.63) is 35.6 Å². The lowest BCUT2D eigenvalue weighted by Crippen LogP contribution is -2.40. The Kier molecular flexibility index (Phi) is 6.18. The van der Waals surface area contributed by atoms with Gasteiger partial charge < -0.3 is 10.2 Å². The van der Waals surface area contributed by atoms with Crippen LogP contribution in [0.15, 0.2) is 24.3 Å². The first-order chi connectivity index (χ1) is 10.2. The Labute approximate surface area is 126 Å². The van der Waals surface area contributed by atoms with Gasteiger partial charge in [-0.15, -0.1) is 0 Å². The molecule has 4 heteroatoms. The highest BCUT2D eigenvalue weighted by Gasteiger charge is 2.22. The van der Waals surface area contributed by atoms with E-state index in [1.54, 1.807) is 12.1 Å². The minimum absolute atomic E-state index is 0.223. The predicted molar refractivity (Wildman–Crippen MR) is 82.6 cm³/mol. The highest BCUT2D eigenvalue weighted by Crippen LogP contribution is 2.17. The summed E-state index contributed by atoms with van der Waals surface area (Å²) in [5, 5.41) is 3.38. The van der Waals surface area contributed by atoms with Crippen LogP contribution in [0.3, 0.4) is 0 Å². The number of likely N-dealkylation sites (tertiary alicyclic amines) is 1. The van der Waals surface area contributed by atoms with Gasteiger partial charge in [-0.1, -0.05) is 19.1 Å². The van der Waals surface area contributed by atoms with Crippen molar-refractivity contribution < 1.29 is 9.18 Å². The summed E-state index contributed by atoms with van der Waals surface area (Å²) >= 11 is 0. The van der Waals surface area contributed by atoms with Crippen LogP contribution in [0.4, 0.5) is 4.39 Å². The molecule has 21 heavy (non-hydrogen) atoms. The van der Waals surface area contributed by atoms with Crippen molar-refractivity contribution in [3.63, 3.8) is 0 Å². The molecule has 3 nitrogen and oxygen atoms in total. The van der Waals surface area contributed by atoms with Crippen LogP contribution in [-0.4, -0.2) is 37.0 Å². The van der Waals surface area contributed by atoms with Crippen LogP contribution < -0.4 is 5.32 Å². The Morgan fingerprint density at radius 1 is 1.29 bits per heavy atom. The van der Waals surface area contributed by atoms with Crippen molar-refractivity contribution in [1.29, 1.82) is 0 Å². The van der Waals surface area contributed by atoms with E-state index in [1.807, 2.05) is 4.90 Å². The Hall–Kier alpha value is -1.42. The van der Waals surface area contributed by atoms with E-state index in [0.29, 0.717) is 18.8 Å². The average molecular weight is 292 g/mol. The summed E-state index contributed by atoms with van der Waals surface area (Å²) in [5.41, 5.74) is 1.02. The van der Waals surface area contributed by atoms with Crippen LogP contribution in [0.25, 0.3) is 0 Å². The molecular formula is C17H25FN2O. The number of hydrogen-bond donors (Lipinski definition) is 1. The maximum absolute atomic E-state index is 12.8. The molecule has 116 valence electrons. The molecule has 1 aliphatic heterocycles. The Morgan fingerprint density at radius 2 is 1.95 bits per heavy atom. The van der Waals surface area contributed by atoms with Gasteiger partial charge in [-0.05, 0) is 56.0 Å². The summed E-state index contributed by atoms with van der Waals surface area (Å²) in [7, 11) is 0. The molecule has 0 bridgehead atoms. The van der Waals surface area contributed by atoms with Crippen LogP contribution >= 0.6 is 0 Å². The normalized spacial score (nSPS) is 16.2. The third-order valence-electron chi connectivity index (χ3n) is 4.19. The molecule has 1 fully saturated rings. The van der Waals surface area contributed by atoms with E-state index < -0.39 is 0 Å². The first-order valence-electron chi connectivity index (χ1n) is 7.92. The van der Waals surface area contributed by atoms with Gasteiger partial charge in [-0.3, -0.25) is 4.79 Å². The molecule has 0 aromatic heterocycles. The maximum Gasteiger partial charge on any atom is 0.222 e. The van der Waals surface area contributed by atoms with Gasteiger partial charge in [-0.25, -0.2) is 4.39 Å². The van der Waals surface area contributed by atoms with Gasteiger partial charge in [0.25, 0.3) is 0 Å². The van der Waals surface area contributed by atoms with Crippen molar-refractivity contribution in [1.82, 2.24) is 10.2 Å². The smallest absolute Gasteiger partial charge is 0.222 e. The molecule has 2 rings (SSSR count). The Morgan fingerprint density at radius 3 is 2.57 bits per heavy atom. The van der Waals surface area contributed by atoms with Gasteiger partial charge in [0.15, 0.2) is 0 Å². The second-order valence-electron chi connectivity index (χ2n) is 5.76. The number of piperidine rings is 1. The van der Waals surface area contributed by atoms with Gasteiger partial charge >= 0.3 is 0 Å². The second-order valence-corrected chi connectivity index (χ2v) is 5.76. The molecule has 1 aromatic rings. The van der Waals surface area contributed by atoms with E-state index in [1.165, 1.54) is 12.1 Å². The SMILES string of the molecule is CCNCC1CCN(C(=O)CCc2ccc(F)cc2)CC1. The number of carbonyl (C=O) groups is 1. The minimum atomic E-state index is -0.229. The molecule has 0 atom stereocenters. The number of halogens is 1. The summed E-state index contributed by atoms with van der Waals surface area (Å²) in [6.45, 7) is 5.94. The maximum atomic E-state index is 12.8.